The SMILES string of the molecule is CC(C)(C)CNC(=O)C(C)(C)C.CC(C)(C)CNCC(C)(C)C.CC(C)(C)N=C(N)CCCSC1CC(=O)N(CC2CCC(C(=O)NC(C)(C)C)CC2)C1=O.CC(C)(C)NC(=O)CSC1CC(=O)N(CC2CCC(C(=O)NC(C)(C)C)CC2)C1=O. The minimum atomic E-state index is -0.475. The van der Waals surface area contributed by atoms with Crippen LogP contribution in [-0.4, -0.2) is 140 Å². The van der Waals surface area contributed by atoms with E-state index >= 15 is 0 Å². The maximum absolute atomic E-state index is 12.8. The van der Waals surface area contributed by atoms with Gasteiger partial charge in [-0.3, -0.25) is 53.1 Å². The number of hydrogen-bond acceptors (Lipinski definition) is 12. The number of nitrogens with two attached hydrogens (primary N) is 1. The number of nitrogens with one attached hydrogen (secondary N) is 5. The van der Waals surface area contributed by atoms with Crippen LogP contribution >= 0.6 is 23.5 Å². The summed E-state index contributed by atoms with van der Waals surface area (Å²) in [6.07, 6.45) is 8.64. The second-order valence-electron chi connectivity index (χ2n) is 33.1. The minimum absolute atomic E-state index is 0.00934. The number of aliphatic imine (C=N–C) groups is 1. The van der Waals surface area contributed by atoms with Crippen molar-refractivity contribution in [2.24, 2.45) is 56.1 Å². The highest BCUT2D eigenvalue weighted by Gasteiger charge is 2.42. The maximum Gasteiger partial charge on any atom is 0.242 e. The zero-order valence-electron chi connectivity index (χ0n) is 57.9. The van der Waals surface area contributed by atoms with Gasteiger partial charge in [-0.2, -0.15) is 0 Å². The molecule has 7 N–H and O–H groups in total. The van der Waals surface area contributed by atoms with Gasteiger partial charge in [0, 0.05) is 85.9 Å². The molecule has 85 heavy (non-hydrogen) atoms. The minimum Gasteiger partial charge on any atom is -0.387 e. The van der Waals surface area contributed by atoms with Crippen molar-refractivity contribution in [3.8, 4) is 0 Å². The molecule has 2 heterocycles. The molecule has 2 unspecified atom stereocenters. The number of carbonyl (C=O) groups excluding carboxylic acids is 8. The Kier molecular flexibility index (Phi) is 31.5. The molecule has 2 saturated heterocycles. The molecule has 17 nitrogen and oxygen atoms in total. The molecule has 0 bridgehead atoms. The molecule has 0 aromatic carbocycles. The summed E-state index contributed by atoms with van der Waals surface area (Å²) in [6, 6.07) is 0. The largest absolute Gasteiger partial charge is 0.387 e. The van der Waals surface area contributed by atoms with Crippen LogP contribution in [0, 0.1) is 45.3 Å². The van der Waals surface area contributed by atoms with E-state index in [0.29, 0.717) is 48.5 Å². The average molecular weight is 1230 g/mol. The van der Waals surface area contributed by atoms with Crippen LogP contribution in [0.1, 0.15) is 243 Å². The molecule has 4 aliphatic rings. The molecule has 0 aromatic rings. The van der Waals surface area contributed by atoms with Crippen LogP contribution < -0.4 is 32.3 Å². The highest BCUT2D eigenvalue weighted by Crippen LogP contribution is 2.35. The van der Waals surface area contributed by atoms with Crippen molar-refractivity contribution < 1.29 is 38.4 Å². The van der Waals surface area contributed by atoms with Crippen molar-refractivity contribution in [2.75, 3.05) is 44.2 Å². The highest BCUT2D eigenvalue weighted by atomic mass is 32.2. The molecule has 4 rings (SSSR count). The first-order chi connectivity index (χ1) is 38.3. The third-order valence-electron chi connectivity index (χ3n) is 13.8. The molecule has 2 aliphatic heterocycles. The number of nitrogens with zero attached hydrogens (tertiary/aromatic N) is 3. The lowest BCUT2D eigenvalue weighted by Gasteiger charge is -2.32. The van der Waals surface area contributed by atoms with E-state index < -0.39 is 5.25 Å². The van der Waals surface area contributed by atoms with Gasteiger partial charge in [-0.05, 0) is 175 Å². The Bertz CT molecular complexity index is 2190. The fourth-order valence-corrected chi connectivity index (χ4v) is 11.7. The summed E-state index contributed by atoms with van der Waals surface area (Å²) in [5, 5.41) is 14.6. The van der Waals surface area contributed by atoms with Crippen LogP contribution in [0.2, 0.25) is 0 Å². The summed E-state index contributed by atoms with van der Waals surface area (Å²) in [7, 11) is 0. The first-order valence-corrected chi connectivity index (χ1v) is 33.6. The van der Waals surface area contributed by atoms with Crippen molar-refractivity contribution >= 4 is 76.6 Å². The van der Waals surface area contributed by atoms with Gasteiger partial charge in [0.15, 0.2) is 0 Å². The zero-order valence-corrected chi connectivity index (χ0v) is 59.5. The third kappa shape index (κ3) is 36.4. The normalized spacial score (nSPS) is 22.1. The number of carbonyl (C=O) groups is 8. The Morgan fingerprint density at radius 1 is 0.518 bits per heavy atom. The summed E-state index contributed by atoms with van der Waals surface area (Å²) in [6.45, 7) is 53.1. The Balaban J connectivity index is 0.000000626. The Hall–Kier alpha value is -3.71. The van der Waals surface area contributed by atoms with Crippen LogP contribution in [0.4, 0.5) is 0 Å². The summed E-state index contributed by atoms with van der Waals surface area (Å²) in [5.41, 5.74) is 5.73. The van der Waals surface area contributed by atoms with Gasteiger partial charge in [-0.15, -0.1) is 23.5 Å². The van der Waals surface area contributed by atoms with Crippen LogP contribution in [0.5, 0.6) is 0 Å². The molecule has 8 amide bonds. The number of rotatable bonds is 17. The van der Waals surface area contributed by atoms with Crippen LogP contribution in [0.3, 0.4) is 0 Å². The molecular weight excluding hydrogens is 1110 g/mol. The van der Waals surface area contributed by atoms with Crippen LogP contribution in [0.25, 0.3) is 0 Å². The standard InChI is InChI=1S/C24H42N4O3S.C22H37N3O4S.C10H21NO.C10H23N/c1-23(2,3)26-19(25)8-7-13-32-18-14-20(29)28(22(18)31)15-16-9-11-17(12-10-16)21(30)27-24(4,5)6;1-21(2,3)23-17(26)13-30-16-11-18(27)25(20(16)29)12-14-7-9-15(10-8-14)19(28)24-22(4,5)6;1-9(2,3)7-11-8(12)10(4,5)6;1-9(2,3)7-11-8-10(4,5)6/h16-18H,7-15H2,1-6H3,(H2,25,26)(H,27,30);14-16H,7-13H2,1-6H3,(H,23,26)(H,24,28);7H2,1-6H3,(H,11,12);11H,7-8H2,1-6H3. The van der Waals surface area contributed by atoms with E-state index in [-0.39, 0.29) is 115 Å². The number of amidine groups is 1. The van der Waals surface area contributed by atoms with Crippen molar-refractivity contribution in [1.29, 1.82) is 0 Å². The second-order valence-corrected chi connectivity index (χ2v) is 35.6. The molecule has 2 atom stereocenters. The zero-order chi connectivity index (χ0) is 65.9. The number of likely N-dealkylation sites (tertiary alicyclic amines) is 2. The molecular formula is C66H123N9O8S2. The van der Waals surface area contributed by atoms with E-state index in [9.17, 15) is 38.4 Å². The van der Waals surface area contributed by atoms with Crippen molar-refractivity contribution in [3.05, 3.63) is 0 Å². The van der Waals surface area contributed by atoms with Gasteiger partial charge >= 0.3 is 0 Å². The summed E-state index contributed by atoms with van der Waals surface area (Å²) < 4.78 is 0. The molecule has 0 spiro atoms. The summed E-state index contributed by atoms with van der Waals surface area (Å²) in [4.78, 5) is 106. The van der Waals surface area contributed by atoms with E-state index in [4.69, 9.17) is 5.73 Å². The molecule has 2 saturated carbocycles. The predicted molar refractivity (Wildman–Crippen MR) is 354 cm³/mol. The van der Waals surface area contributed by atoms with E-state index in [1.165, 1.54) is 21.6 Å². The monoisotopic (exact) mass is 1230 g/mol. The highest BCUT2D eigenvalue weighted by molar-refractivity contribution is 8.01. The molecule has 492 valence electrons. The Morgan fingerprint density at radius 2 is 0.882 bits per heavy atom. The molecule has 4 fully saturated rings. The fourth-order valence-electron chi connectivity index (χ4n) is 9.64. The van der Waals surface area contributed by atoms with Crippen LogP contribution in [0.15, 0.2) is 4.99 Å². The van der Waals surface area contributed by atoms with E-state index in [0.717, 1.165) is 83.2 Å². The molecule has 0 radical (unpaired) electrons. The lowest BCUT2D eigenvalue weighted by Crippen LogP contribution is -2.45. The summed E-state index contributed by atoms with van der Waals surface area (Å²) in [5.74, 6) is 1.94. The van der Waals surface area contributed by atoms with Crippen molar-refractivity contribution in [3.63, 3.8) is 0 Å². The molecule has 2 aliphatic carbocycles. The van der Waals surface area contributed by atoms with Crippen molar-refractivity contribution in [1.82, 2.24) is 36.4 Å². The number of amides is 8. The van der Waals surface area contributed by atoms with E-state index in [2.05, 4.69) is 93.9 Å². The third-order valence-corrected chi connectivity index (χ3v) is 16.3. The van der Waals surface area contributed by atoms with Gasteiger partial charge in [0.05, 0.1) is 27.6 Å². The summed E-state index contributed by atoms with van der Waals surface area (Å²) >= 11 is 2.80. The predicted octanol–water partition coefficient (Wildman–Crippen LogP) is 10.8. The molecule has 0 aromatic heterocycles. The number of hydrogen-bond donors (Lipinski definition) is 6. The smallest absolute Gasteiger partial charge is 0.242 e. The topological polar surface area (TPSA) is 242 Å². The second kappa shape index (κ2) is 33.8. The lowest BCUT2D eigenvalue weighted by atomic mass is 9.81. The maximum atomic E-state index is 12.8. The average Bonchev–Trinajstić information content (AvgIpc) is 2.76. The van der Waals surface area contributed by atoms with E-state index in [1.807, 2.05) is 104 Å². The Morgan fingerprint density at radius 3 is 1.21 bits per heavy atom. The van der Waals surface area contributed by atoms with Gasteiger partial charge in [-0.25, -0.2) is 0 Å². The van der Waals surface area contributed by atoms with E-state index in [1.54, 1.807) is 11.8 Å². The number of imide groups is 2. The Labute approximate surface area is 524 Å². The fraction of sp³-hybridized carbons (Fsp3) is 0.864. The van der Waals surface area contributed by atoms with Gasteiger partial charge in [0.25, 0.3) is 0 Å². The first-order valence-electron chi connectivity index (χ1n) is 31.5. The first kappa shape index (κ1) is 79.3. The number of thioether (sulfide) groups is 2. The van der Waals surface area contributed by atoms with Crippen LogP contribution in [-0.2, 0) is 38.4 Å². The van der Waals surface area contributed by atoms with Gasteiger partial charge < -0.3 is 32.3 Å². The van der Waals surface area contributed by atoms with Crippen molar-refractivity contribution in [2.45, 2.75) is 276 Å². The molecule has 19 heteroatoms. The quantitative estimate of drug-likeness (QED) is 0.0345. The lowest BCUT2D eigenvalue weighted by molar-refractivity contribution is -0.141. The van der Waals surface area contributed by atoms with Gasteiger partial charge in [0.1, 0.15) is 0 Å². The van der Waals surface area contributed by atoms with Gasteiger partial charge in [0.2, 0.25) is 47.3 Å². The van der Waals surface area contributed by atoms with Gasteiger partial charge in [-0.1, -0.05) is 83.1 Å².